The molecule has 2 fully saturated rings. The van der Waals surface area contributed by atoms with Gasteiger partial charge in [0.2, 0.25) is 0 Å². The molecule has 4 nitrogen and oxygen atoms in total. The maximum atomic E-state index is 11.8. The highest BCUT2D eigenvalue weighted by atomic mass is 32.2. The number of nitrogens with zero attached hydrogens (tertiary/aromatic N) is 1. The summed E-state index contributed by atoms with van der Waals surface area (Å²) in [6.45, 7) is 2.19. The highest BCUT2D eigenvalue weighted by Crippen LogP contribution is 2.32. The summed E-state index contributed by atoms with van der Waals surface area (Å²) in [6, 6.07) is 6.15. The number of methoxy groups -OCH3 is 1. The molecule has 3 rings (SSSR count). The molecule has 1 aromatic rings. The average Bonchev–Trinajstić information content (AvgIpc) is 2.86. The SMILES string of the molecule is COc1cc(N2CCCCC2)ccc1/C=C1\SC(=S)NC1=O. The number of hydrogen-bond donors (Lipinski definition) is 1. The third-order valence-corrected chi connectivity index (χ3v) is 5.03. The summed E-state index contributed by atoms with van der Waals surface area (Å²) in [5.41, 5.74) is 2.07. The Bertz CT molecular complexity index is 637. The molecule has 0 saturated carbocycles. The number of thioether (sulfide) groups is 1. The van der Waals surface area contributed by atoms with Crippen molar-refractivity contribution in [2.24, 2.45) is 0 Å². The minimum Gasteiger partial charge on any atom is -0.496 e. The Morgan fingerprint density at radius 1 is 1.32 bits per heavy atom. The molecular weight excluding hydrogens is 316 g/mol. The van der Waals surface area contributed by atoms with Crippen LogP contribution >= 0.6 is 24.0 Å². The van der Waals surface area contributed by atoms with Gasteiger partial charge in [0.1, 0.15) is 10.1 Å². The fourth-order valence-electron chi connectivity index (χ4n) is 2.73. The minimum absolute atomic E-state index is 0.142. The summed E-state index contributed by atoms with van der Waals surface area (Å²) in [6.07, 6.45) is 5.62. The molecule has 0 atom stereocenters. The molecule has 6 heteroatoms. The second-order valence-electron chi connectivity index (χ2n) is 5.33. The molecule has 0 spiro atoms. The Labute approximate surface area is 139 Å². The number of ether oxygens (including phenoxy) is 1. The van der Waals surface area contributed by atoms with Gasteiger partial charge < -0.3 is 15.0 Å². The molecule has 0 unspecified atom stereocenters. The lowest BCUT2D eigenvalue weighted by Crippen LogP contribution is -2.29. The number of rotatable bonds is 3. The Balaban J connectivity index is 1.87. The summed E-state index contributed by atoms with van der Waals surface area (Å²) in [5.74, 6) is 0.638. The van der Waals surface area contributed by atoms with Crippen molar-refractivity contribution >= 4 is 46.0 Å². The zero-order chi connectivity index (χ0) is 15.5. The summed E-state index contributed by atoms with van der Waals surface area (Å²) >= 11 is 6.29. The second kappa shape index (κ2) is 6.71. The summed E-state index contributed by atoms with van der Waals surface area (Å²) in [5, 5.41) is 2.63. The van der Waals surface area contributed by atoms with E-state index in [1.807, 2.05) is 18.2 Å². The third kappa shape index (κ3) is 3.28. The predicted molar refractivity (Wildman–Crippen MR) is 95.4 cm³/mol. The van der Waals surface area contributed by atoms with Gasteiger partial charge in [-0.15, -0.1) is 0 Å². The molecule has 0 aliphatic carbocycles. The maximum Gasteiger partial charge on any atom is 0.263 e. The summed E-state index contributed by atoms with van der Waals surface area (Å²) in [4.78, 5) is 14.8. The van der Waals surface area contributed by atoms with Crippen LogP contribution in [0.4, 0.5) is 5.69 Å². The van der Waals surface area contributed by atoms with Gasteiger partial charge in [0.25, 0.3) is 5.91 Å². The standard InChI is InChI=1S/C16H18N2O2S2/c1-20-13-10-12(18-7-3-2-4-8-18)6-5-11(13)9-14-15(19)17-16(21)22-14/h5-6,9-10H,2-4,7-8H2,1H3,(H,17,19,21)/b14-9-. The first kappa shape index (κ1) is 15.4. The van der Waals surface area contributed by atoms with Crippen molar-refractivity contribution in [3.8, 4) is 5.75 Å². The first-order chi connectivity index (χ1) is 10.7. The van der Waals surface area contributed by atoms with E-state index in [1.165, 1.54) is 36.7 Å². The topological polar surface area (TPSA) is 41.6 Å². The number of anilines is 1. The number of carbonyl (C=O) groups is 1. The highest BCUT2D eigenvalue weighted by Gasteiger charge is 2.22. The maximum absolute atomic E-state index is 11.8. The lowest BCUT2D eigenvalue weighted by Gasteiger charge is -2.29. The molecule has 1 N–H and O–H groups in total. The average molecular weight is 334 g/mol. The summed E-state index contributed by atoms with van der Waals surface area (Å²) < 4.78 is 6.00. The molecule has 22 heavy (non-hydrogen) atoms. The number of piperidine rings is 1. The van der Waals surface area contributed by atoms with Crippen LogP contribution in [0.5, 0.6) is 5.75 Å². The molecule has 1 aromatic carbocycles. The van der Waals surface area contributed by atoms with Crippen molar-refractivity contribution in [1.82, 2.24) is 5.32 Å². The molecule has 1 amide bonds. The number of amides is 1. The fraction of sp³-hybridized carbons (Fsp3) is 0.375. The Morgan fingerprint density at radius 2 is 2.09 bits per heavy atom. The molecule has 2 aliphatic rings. The van der Waals surface area contributed by atoms with E-state index in [9.17, 15) is 4.79 Å². The van der Waals surface area contributed by atoms with Crippen LogP contribution < -0.4 is 15.0 Å². The van der Waals surface area contributed by atoms with Crippen molar-refractivity contribution in [2.45, 2.75) is 19.3 Å². The molecule has 2 aliphatic heterocycles. The predicted octanol–water partition coefficient (Wildman–Crippen LogP) is 3.17. The molecule has 0 bridgehead atoms. The van der Waals surface area contributed by atoms with Gasteiger partial charge >= 0.3 is 0 Å². The van der Waals surface area contributed by atoms with Crippen LogP contribution in [0.3, 0.4) is 0 Å². The van der Waals surface area contributed by atoms with E-state index in [0.717, 1.165) is 24.4 Å². The smallest absolute Gasteiger partial charge is 0.263 e. The van der Waals surface area contributed by atoms with Crippen molar-refractivity contribution in [3.05, 3.63) is 28.7 Å². The number of hydrogen-bond acceptors (Lipinski definition) is 5. The van der Waals surface area contributed by atoms with Crippen LogP contribution in [0.2, 0.25) is 0 Å². The van der Waals surface area contributed by atoms with Gasteiger partial charge in [-0.1, -0.05) is 24.0 Å². The van der Waals surface area contributed by atoms with Crippen LogP contribution in [-0.4, -0.2) is 30.4 Å². The van der Waals surface area contributed by atoms with Gasteiger partial charge in [-0.2, -0.15) is 0 Å². The normalized spacial score (nSPS) is 20.4. The zero-order valence-electron chi connectivity index (χ0n) is 12.4. The van der Waals surface area contributed by atoms with E-state index in [2.05, 4.69) is 16.3 Å². The third-order valence-electron chi connectivity index (χ3n) is 3.87. The Kier molecular flexibility index (Phi) is 4.69. The fourth-order valence-corrected chi connectivity index (χ4v) is 3.77. The quantitative estimate of drug-likeness (QED) is 0.679. The van der Waals surface area contributed by atoms with Gasteiger partial charge in [-0.05, 0) is 37.5 Å². The molecular formula is C16H18N2O2S2. The van der Waals surface area contributed by atoms with Crippen molar-refractivity contribution in [2.75, 3.05) is 25.1 Å². The monoisotopic (exact) mass is 334 g/mol. The number of nitrogens with one attached hydrogen (secondary N) is 1. The van der Waals surface area contributed by atoms with Crippen LogP contribution in [0.1, 0.15) is 24.8 Å². The Hall–Kier alpha value is -1.53. The van der Waals surface area contributed by atoms with E-state index in [1.54, 1.807) is 7.11 Å². The largest absolute Gasteiger partial charge is 0.496 e. The molecule has 116 valence electrons. The lowest BCUT2D eigenvalue weighted by atomic mass is 10.1. The van der Waals surface area contributed by atoms with Gasteiger partial charge in [-0.25, -0.2) is 0 Å². The zero-order valence-corrected chi connectivity index (χ0v) is 14.1. The number of thiocarbonyl (C=S) groups is 1. The van der Waals surface area contributed by atoms with Gasteiger partial charge in [0.05, 0.1) is 12.0 Å². The lowest BCUT2D eigenvalue weighted by molar-refractivity contribution is -0.115. The first-order valence-electron chi connectivity index (χ1n) is 7.35. The van der Waals surface area contributed by atoms with E-state index in [-0.39, 0.29) is 5.91 Å². The minimum atomic E-state index is -0.142. The van der Waals surface area contributed by atoms with Crippen LogP contribution in [0.15, 0.2) is 23.1 Å². The van der Waals surface area contributed by atoms with Gasteiger partial charge in [0, 0.05) is 30.4 Å². The first-order valence-corrected chi connectivity index (χ1v) is 8.58. The number of carbonyl (C=O) groups excluding carboxylic acids is 1. The van der Waals surface area contributed by atoms with Crippen LogP contribution in [0.25, 0.3) is 6.08 Å². The number of benzene rings is 1. The highest BCUT2D eigenvalue weighted by molar-refractivity contribution is 8.26. The van der Waals surface area contributed by atoms with Gasteiger partial charge in [0.15, 0.2) is 0 Å². The van der Waals surface area contributed by atoms with E-state index < -0.39 is 0 Å². The van der Waals surface area contributed by atoms with Crippen LogP contribution in [0, 0.1) is 0 Å². The second-order valence-corrected chi connectivity index (χ2v) is 7.05. The van der Waals surface area contributed by atoms with Crippen molar-refractivity contribution in [3.63, 3.8) is 0 Å². The van der Waals surface area contributed by atoms with E-state index in [0.29, 0.717) is 9.23 Å². The van der Waals surface area contributed by atoms with Crippen molar-refractivity contribution in [1.29, 1.82) is 0 Å². The van der Waals surface area contributed by atoms with E-state index >= 15 is 0 Å². The van der Waals surface area contributed by atoms with Crippen LogP contribution in [-0.2, 0) is 4.79 Å². The molecule has 0 aromatic heterocycles. The van der Waals surface area contributed by atoms with Crippen molar-refractivity contribution < 1.29 is 9.53 Å². The van der Waals surface area contributed by atoms with Gasteiger partial charge in [-0.3, -0.25) is 4.79 Å². The molecule has 0 radical (unpaired) electrons. The molecule has 2 heterocycles. The summed E-state index contributed by atoms with van der Waals surface area (Å²) in [7, 11) is 1.66. The van der Waals surface area contributed by atoms with E-state index in [4.69, 9.17) is 17.0 Å². The molecule has 2 saturated heterocycles. The Morgan fingerprint density at radius 3 is 2.73 bits per heavy atom.